The number of benzene rings is 1. The van der Waals surface area contributed by atoms with E-state index < -0.39 is 10.1 Å². The molecule has 0 saturated carbocycles. The molecule has 0 amide bonds. The third kappa shape index (κ3) is 3.94. The van der Waals surface area contributed by atoms with Crippen molar-refractivity contribution < 1.29 is 44.0 Å². The second kappa shape index (κ2) is 5.68. The molecule has 3 nitrogen and oxygen atoms in total. The second-order valence-corrected chi connectivity index (χ2v) is 4.03. The van der Waals surface area contributed by atoms with E-state index in [-0.39, 0.29) is 35.9 Å². The molecule has 0 saturated heterocycles. The molecule has 0 aliphatic rings. The number of allylic oxidation sites excluding steroid dienone is 1. The summed E-state index contributed by atoms with van der Waals surface area (Å²) >= 11 is 0. The fourth-order valence-electron chi connectivity index (χ4n) is 0.964. The van der Waals surface area contributed by atoms with Gasteiger partial charge in [0.05, 0.1) is 4.90 Å². The summed E-state index contributed by atoms with van der Waals surface area (Å²) in [5.74, 6) is 0. The maximum atomic E-state index is 10.6. The van der Waals surface area contributed by atoms with Crippen molar-refractivity contribution in [3.8, 4) is 0 Å². The molecule has 0 fully saturated rings. The van der Waals surface area contributed by atoms with Gasteiger partial charge in [-0.1, -0.05) is 18.2 Å². The van der Waals surface area contributed by atoms with Crippen LogP contribution in [0.25, 0.3) is 0 Å². The van der Waals surface area contributed by atoms with Crippen molar-refractivity contribution >= 4 is 10.1 Å². The van der Waals surface area contributed by atoms with E-state index in [1.165, 1.54) is 12.1 Å². The molecule has 5 heteroatoms. The van der Waals surface area contributed by atoms with Gasteiger partial charge in [-0.05, 0) is 24.1 Å². The molecule has 0 bridgehead atoms. The zero-order valence-corrected chi connectivity index (χ0v) is 10.8. The van der Waals surface area contributed by atoms with Crippen LogP contribution in [0.15, 0.2) is 41.8 Å². The largest absolute Gasteiger partial charge is 1.00 e. The van der Waals surface area contributed by atoms with E-state index in [4.69, 9.17) is 4.55 Å². The third-order valence-corrected chi connectivity index (χ3v) is 2.47. The summed E-state index contributed by atoms with van der Waals surface area (Å²) in [6.45, 7) is 3.56. The summed E-state index contributed by atoms with van der Waals surface area (Å²) < 4.78 is 29.9. The fraction of sp³-hybridized carbons (Fsp3) is 0.111. The van der Waals surface area contributed by atoms with Crippen LogP contribution in [0.5, 0.6) is 0 Å². The Bertz CT molecular complexity index is 400. The van der Waals surface area contributed by atoms with Crippen molar-refractivity contribution in [2.45, 2.75) is 11.3 Å². The van der Waals surface area contributed by atoms with Crippen LogP contribution in [0, 0.1) is 0 Å². The normalized spacial score (nSPS) is 10.4. The minimum Gasteiger partial charge on any atom is -1.00 e. The van der Waals surface area contributed by atoms with Crippen LogP contribution in [0.4, 0.5) is 0 Å². The standard InChI is InChI=1S/C9H10O3S.Na.H/c1-2-3-8-4-6-9(7-5-8)13(10,11)12;;/h2,4-7H,1,3H2,(H,10,11,12);;/q;+1;-1. The van der Waals surface area contributed by atoms with Gasteiger partial charge in [0.25, 0.3) is 10.1 Å². The smallest absolute Gasteiger partial charge is 1.00 e. The van der Waals surface area contributed by atoms with Gasteiger partial charge >= 0.3 is 29.6 Å². The van der Waals surface area contributed by atoms with Crippen molar-refractivity contribution in [1.82, 2.24) is 0 Å². The van der Waals surface area contributed by atoms with Crippen LogP contribution >= 0.6 is 0 Å². The van der Waals surface area contributed by atoms with Crippen molar-refractivity contribution in [3.63, 3.8) is 0 Å². The summed E-state index contributed by atoms with van der Waals surface area (Å²) in [5.41, 5.74) is 0.961. The predicted molar refractivity (Wildman–Crippen MR) is 51.3 cm³/mol. The van der Waals surface area contributed by atoms with E-state index in [1.54, 1.807) is 18.2 Å². The summed E-state index contributed by atoms with van der Waals surface area (Å²) in [6.07, 6.45) is 2.41. The molecule has 0 heterocycles. The Morgan fingerprint density at radius 2 is 1.86 bits per heavy atom. The van der Waals surface area contributed by atoms with Crippen molar-refractivity contribution in [3.05, 3.63) is 42.5 Å². The Morgan fingerprint density at radius 1 is 1.36 bits per heavy atom. The number of hydrogen-bond acceptors (Lipinski definition) is 2. The summed E-state index contributed by atoms with van der Waals surface area (Å²) in [5, 5.41) is 0. The predicted octanol–water partition coefficient (Wildman–Crippen LogP) is -1.22. The molecular formula is C9H11NaO3S. The molecule has 72 valence electrons. The molecule has 1 N–H and O–H groups in total. The van der Waals surface area contributed by atoms with Crippen LogP contribution < -0.4 is 29.6 Å². The van der Waals surface area contributed by atoms with Crippen LogP contribution in [0.2, 0.25) is 0 Å². The first-order valence-corrected chi connectivity index (χ1v) is 5.15. The first-order valence-electron chi connectivity index (χ1n) is 3.71. The van der Waals surface area contributed by atoms with Crippen LogP contribution in [-0.4, -0.2) is 13.0 Å². The van der Waals surface area contributed by atoms with Crippen LogP contribution in [0.1, 0.15) is 6.99 Å². The van der Waals surface area contributed by atoms with Gasteiger partial charge in [0.2, 0.25) is 0 Å². The van der Waals surface area contributed by atoms with E-state index >= 15 is 0 Å². The Morgan fingerprint density at radius 3 is 2.21 bits per heavy atom. The Hall–Kier alpha value is -0.130. The van der Waals surface area contributed by atoms with Crippen molar-refractivity contribution in [1.29, 1.82) is 0 Å². The van der Waals surface area contributed by atoms with Gasteiger partial charge in [-0.25, -0.2) is 0 Å². The third-order valence-electron chi connectivity index (χ3n) is 1.60. The van der Waals surface area contributed by atoms with Gasteiger partial charge in [-0.2, -0.15) is 8.42 Å². The summed E-state index contributed by atoms with van der Waals surface area (Å²) in [7, 11) is -4.06. The minimum absolute atomic E-state index is 0. The number of hydrogen-bond donors (Lipinski definition) is 1. The number of rotatable bonds is 3. The monoisotopic (exact) mass is 222 g/mol. The average Bonchev–Trinajstić information content (AvgIpc) is 2.04. The Balaban J connectivity index is 0. The van der Waals surface area contributed by atoms with E-state index in [0.29, 0.717) is 6.42 Å². The summed E-state index contributed by atoms with van der Waals surface area (Å²) in [6, 6.07) is 6.03. The van der Waals surface area contributed by atoms with Crippen LogP contribution in [0.3, 0.4) is 0 Å². The van der Waals surface area contributed by atoms with E-state index in [1.807, 2.05) is 0 Å². The van der Waals surface area contributed by atoms with Gasteiger partial charge in [0.1, 0.15) is 0 Å². The van der Waals surface area contributed by atoms with Gasteiger partial charge in [0.15, 0.2) is 0 Å². The molecule has 0 radical (unpaired) electrons. The zero-order valence-electron chi connectivity index (χ0n) is 8.97. The molecule has 1 aromatic rings. The van der Waals surface area contributed by atoms with Crippen molar-refractivity contribution in [2.24, 2.45) is 0 Å². The van der Waals surface area contributed by atoms with E-state index in [2.05, 4.69) is 6.58 Å². The Kier molecular flexibility index (Phi) is 5.63. The molecule has 1 aromatic carbocycles. The molecule has 0 aliphatic heterocycles. The first kappa shape index (κ1) is 13.9. The molecule has 14 heavy (non-hydrogen) atoms. The quantitative estimate of drug-likeness (QED) is 0.396. The summed E-state index contributed by atoms with van der Waals surface area (Å²) in [4.78, 5) is -0.0830. The van der Waals surface area contributed by atoms with E-state index in [9.17, 15) is 8.42 Å². The Labute approximate surface area is 107 Å². The SMILES string of the molecule is C=CCc1ccc(S(=O)(=O)O)cc1.[H-].[Na+]. The molecule has 0 aromatic heterocycles. The van der Waals surface area contributed by atoms with E-state index in [0.717, 1.165) is 5.56 Å². The second-order valence-electron chi connectivity index (χ2n) is 2.61. The zero-order chi connectivity index (χ0) is 9.90. The first-order chi connectivity index (χ1) is 6.04. The maximum absolute atomic E-state index is 10.6. The molecule has 0 spiro atoms. The molecule has 0 aliphatic carbocycles. The van der Waals surface area contributed by atoms with Gasteiger partial charge < -0.3 is 1.43 Å². The average molecular weight is 222 g/mol. The fourth-order valence-corrected chi connectivity index (χ4v) is 1.44. The topological polar surface area (TPSA) is 54.4 Å². The minimum atomic E-state index is -4.06. The molecule has 0 atom stereocenters. The van der Waals surface area contributed by atoms with Crippen LogP contribution in [-0.2, 0) is 16.5 Å². The molecule has 0 unspecified atom stereocenters. The van der Waals surface area contributed by atoms with Gasteiger partial charge in [-0.3, -0.25) is 4.55 Å². The van der Waals surface area contributed by atoms with Gasteiger partial charge in [0, 0.05) is 0 Å². The maximum Gasteiger partial charge on any atom is 1.00 e. The van der Waals surface area contributed by atoms with Crippen molar-refractivity contribution in [2.75, 3.05) is 0 Å². The molecular weight excluding hydrogens is 211 g/mol. The van der Waals surface area contributed by atoms with Gasteiger partial charge in [-0.15, -0.1) is 6.58 Å². The molecule has 1 rings (SSSR count).